The van der Waals surface area contributed by atoms with Crippen molar-refractivity contribution in [3.63, 3.8) is 0 Å². The molecule has 0 atom stereocenters. The average molecular weight is 195 g/mol. The maximum absolute atomic E-state index is 11.2. The molecule has 2 aromatic rings. The minimum atomic E-state index is -0.0768. The first-order valence-corrected chi connectivity index (χ1v) is 4.20. The standard InChI is InChI=1S/C9H7ClN2O/c1-5(13)9-8-6(10)4-12-7(8)2-3-11-9/h2-4,12H,1H3. The van der Waals surface area contributed by atoms with E-state index < -0.39 is 0 Å². The highest BCUT2D eigenvalue weighted by molar-refractivity contribution is 6.36. The molecule has 0 aliphatic carbocycles. The van der Waals surface area contributed by atoms with Crippen molar-refractivity contribution in [3.8, 4) is 0 Å². The highest BCUT2D eigenvalue weighted by atomic mass is 35.5. The van der Waals surface area contributed by atoms with Crippen LogP contribution in [0.1, 0.15) is 17.4 Å². The lowest BCUT2D eigenvalue weighted by atomic mass is 10.2. The van der Waals surface area contributed by atoms with E-state index in [0.29, 0.717) is 16.1 Å². The van der Waals surface area contributed by atoms with E-state index in [1.54, 1.807) is 18.5 Å². The van der Waals surface area contributed by atoms with Crippen molar-refractivity contribution >= 4 is 28.3 Å². The number of carbonyl (C=O) groups is 1. The third kappa shape index (κ3) is 1.21. The Hall–Kier alpha value is -1.35. The number of aromatic amines is 1. The summed E-state index contributed by atoms with van der Waals surface area (Å²) in [6.07, 6.45) is 3.24. The Morgan fingerprint density at radius 3 is 3.08 bits per heavy atom. The van der Waals surface area contributed by atoms with Crippen molar-refractivity contribution in [1.82, 2.24) is 9.97 Å². The maximum atomic E-state index is 11.2. The number of rotatable bonds is 1. The van der Waals surface area contributed by atoms with Crippen LogP contribution in [0.3, 0.4) is 0 Å². The van der Waals surface area contributed by atoms with Crippen molar-refractivity contribution in [2.75, 3.05) is 0 Å². The zero-order valence-corrected chi connectivity index (χ0v) is 7.72. The number of H-pyrrole nitrogens is 1. The van der Waals surface area contributed by atoms with Crippen LogP contribution < -0.4 is 0 Å². The predicted molar refractivity (Wildman–Crippen MR) is 51.1 cm³/mol. The molecule has 0 amide bonds. The van der Waals surface area contributed by atoms with E-state index in [1.807, 2.05) is 0 Å². The smallest absolute Gasteiger partial charge is 0.178 e. The number of hydrogen-bond donors (Lipinski definition) is 1. The van der Waals surface area contributed by atoms with Gasteiger partial charge >= 0.3 is 0 Å². The number of nitrogens with zero attached hydrogens (tertiary/aromatic N) is 1. The van der Waals surface area contributed by atoms with E-state index in [2.05, 4.69) is 9.97 Å². The molecule has 2 rings (SSSR count). The van der Waals surface area contributed by atoms with Gasteiger partial charge in [-0.3, -0.25) is 9.78 Å². The summed E-state index contributed by atoms with van der Waals surface area (Å²) in [5.74, 6) is -0.0768. The highest BCUT2D eigenvalue weighted by Gasteiger charge is 2.10. The molecule has 66 valence electrons. The molecule has 0 aliphatic rings. The summed E-state index contributed by atoms with van der Waals surface area (Å²) < 4.78 is 0. The van der Waals surface area contributed by atoms with Gasteiger partial charge in [0.2, 0.25) is 0 Å². The Balaban J connectivity index is 2.88. The molecule has 2 aromatic heterocycles. The molecule has 0 bridgehead atoms. The first-order valence-electron chi connectivity index (χ1n) is 3.82. The minimum absolute atomic E-state index is 0.0768. The maximum Gasteiger partial charge on any atom is 0.178 e. The largest absolute Gasteiger partial charge is 0.360 e. The van der Waals surface area contributed by atoms with E-state index in [0.717, 1.165) is 5.52 Å². The monoisotopic (exact) mass is 194 g/mol. The summed E-state index contributed by atoms with van der Waals surface area (Å²) in [4.78, 5) is 18.1. The lowest BCUT2D eigenvalue weighted by Crippen LogP contribution is -1.96. The zero-order chi connectivity index (χ0) is 9.42. The van der Waals surface area contributed by atoms with Crippen molar-refractivity contribution in [2.24, 2.45) is 0 Å². The number of hydrogen-bond acceptors (Lipinski definition) is 2. The number of ketones is 1. The fourth-order valence-corrected chi connectivity index (χ4v) is 1.55. The lowest BCUT2D eigenvalue weighted by molar-refractivity contribution is 0.101. The van der Waals surface area contributed by atoms with Gasteiger partial charge in [0.15, 0.2) is 5.78 Å². The van der Waals surface area contributed by atoms with Gasteiger partial charge in [0.1, 0.15) is 5.69 Å². The van der Waals surface area contributed by atoms with Gasteiger partial charge < -0.3 is 4.98 Å². The zero-order valence-electron chi connectivity index (χ0n) is 6.97. The summed E-state index contributed by atoms with van der Waals surface area (Å²) in [6.45, 7) is 1.48. The number of fused-ring (bicyclic) bond motifs is 1. The fraction of sp³-hybridized carbons (Fsp3) is 0.111. The van der Waals surface area contributed by atoms with Crippen molar-refractivity contribution < 1.29 is 4.79 Å². The molecule has 3 nitrogen and oxygen atoms in total. The second-order valence-corrected chi connectivity index (χ2v) is 3.18. The Kier molecular flexibility index (Phi) is 1.81. The first-order chi connectivity index (χ1) is 6.20. The van der Waals surface area contributed by atoms with Crippen molar-refractivity contribution in [2.45, 2.75) is 6.92 Å². The van der Waals surface area contributed by atoms with Gasteiger partial charge in [-0.05, 0) is 6.07 Å². The van der Waals surface area contributed by atoms with Gasteiger partial charge in [-0.2, -0.15) is 0 Å². The van der Waals surface area contributed by atoms with Crippen LogP contribution in [0, 0.1) is 0 Å². The molecule has 2 heterocycles. The summed E-state index contributed by atoms with van der Waals surface area (Å²) >= 11 is 5.90. The summed E-state index contributed by atoms with van der Waals surface area (Å²) in [7, 11) is 0. The van der Waals surface area contributed by atoms with Gasteiger partial charge in [-0.25, -0.2) is 0 Å². The SMILES string of the molecule is CC(=O)c1nccc2[nH]cc(Cl)c12. The number of carbonyl (C=O) groups excluding carboxylic acids is 1. The predicted octanol–water partition coefficient (Wildman–Crippen LogP) is 2.42. The Morgan fingerprint density at radius 1 is 1.62 bits per heavy atom. The van der Waals surface area contributed by atoms with Crippen LogP contribution in [0.5, 0.6) is 0 Å². The molecule has 0 unspecified atom stereocenters. The Labute approximate surface area is 79.7 Å². The number of aromatic nitrogens is 2. The fourth-order valence-electron chi connectivity index (χ4n) is 1.30. The number of nitrogens with one attached hydrogen (secondary N) is 1. The van der Waals surface area contributed by atoms with Crippen LogP contribution in [0.4, 0.5) is 0 Å². The summed E-state index contributed by atoms with van der Waals surface area (Å²) in [6, 6.07) is 1.79. The van der Waals surface area contributed by atoms with Gasteiger partial charge in [-0.15, -0.1) is 0 Å². The molecule has 0 fully saturated rings. The second-order valence-electron chi connectivity index (χ2n) is 2.77. The van der Waals surface area contributed by atoms with E-state index in [1.165, 1.54) is 6.92 Å². The van der Waals surface area contributed by atoms with Crippen LogP contribution in [-0.4, -0.2) is 15.8 Å². The van der Waals surface area contributed by atoms with E-state index >= 15 is 0 Å². The summed E-state index contributed by atoms with van der Waals surface area (Å²) in [5, 5.41) is 1.24. The lowest BCUT2D eigenvalue weighted by Gasteiger charge is -1.96. The third-order valence-corrected chi connectivity index (χ3v) is 2.18. The molecule has 4 heteroatoms. The van der Waals surface area contributed by atoms with Crippen LogP contribution in [-0.2, 0) is 0 Å². The molecule has 0 aliphatic heterocycles. The molecule has 0 radical (unpaired) electrons. The normalized spacial score (nSPS) is 10.6. The first kappa shape index (κ1) is 8.26. The molecular weight excluding hydrogens is 188 g/mol. The van der Waals surface area contributed by atoms with E-state index in [-0.39, 0.29) is 5.78 Å². The van der Waals surface area contributed by atoms with Gasteiger partial charge in [-0.1, -0.05) is 11.6 Å². The van der Waals surface area contributed by atoms with Crippen LogP contribution in [0.25, 0.3) is 10.9 Å². The third-order valence-electron chi connectivity index (χ3n) is 1.88. The van der Waals surface area contributed by atoms with Crippen molar-refractivity contribution in [3.05, 3.63) is 29.2 Å². The van der Waals surface area contributed by atoms with Crippen LogP contribution in [0.2, 0.25) is 5.02 Å². The molecule has 0 spiro atoms. The Bertz CT molecular complexity index is 475. The molecule has 13 heavy (non-hydrogen) atoms. The average Bonchev–Trinajstić information content (AvgIpc) is 2.48. The van der Waals surface area contributed by atoms with Crippen LogP contribution in [0.15, 0.2) is 18.5 Å². The van der Waals surface area contributed by atoms with Gasteiger partial charge in [0.25, 0.3) is 0 Å². The molecular formula is C9H7ClN2O. The minimum Gasteiger partial charge on any atom is -0.360 e. The quantitative estimate of drug-likeness (QED) is 0.709. The Morgan fingerprint density at radius 2 is 2.38 bits per heavy atom. The number of Topliss-reactive ketones (excluding diaryl/α,β-unsaturated/α-hetero) is 1. The van der Waals surface area contributed by atoms with Crippen molar-refractivity contribution in [1.29, 1.82) is 0 Å². The van der Waals surface area contributed by atoms with Crippen LogP contribution >= 0.6 is 11.6 Å². The van der Waals surface area contributed by atoms with E-state index in [4.69, 9.17) is 11.6 Å². The number of halogens is 1. The molecule has 0 saturated heterocycles. The highest BCUT2D eigenvalue weighted by Crippen LogP contribution is 2.25. The molecule has 0 aromatic carbocycles. The van der Waals surface area contributed by atoms with E-state index in [9.17, 15) is 4.79 Å². The topological polar surface area (TPSA) is 45.8 Å². The molecule has 0 saturated carbocycles. The molecule has 1 N–H and O–H groups in total. The second kappa shape index (κ2) is 2.85. The summed E-state index contributed by atoms with van der Waals surface area (Å²) in [5.41, 5.74) is 1.26. The number of pyridine rings is 1. The van der Waals surface area contributed by atoms with Gasteiger partial charge in [0.05, 0.1) is 10.5 Å². The van der Waals surface area contributed by atoms with Gasteiger partial charge in [0, 0.05) is 24.7 Å².